The number of carbonyl (C=O) groups excluding carboxylic acids is 2. The summed E-state index contributed by atoms with van der Waals surface area (Å²) in [5.74, 6) is 1.12. The first-order valence-electron chi connectivity index (χ1n) is 10.3. The number of ether oxygens (including phenoxy) is 1. The summed E-state index contributed by atoms with van der Waals surface area (Å²) in [5.41, 5.74) is 3.29. The van der Waals surface area contributed by atoms with Crippen LogP contribution in [0.3, 0.4) is 0 Å². The first kappa shape index (κ1) is 18.6. The Morgan fingerprint density at radius 2 is 2.00 bits per heavy atom. The summed E-state index contributed by atoms with van der Waals surface area (Å²) in [7, 11) is 0. The minimum absolute atomic E-state index is 0.229. The van der Waals surface area contributed by atoms with Crippen LogP contribution in [0.5, 0.6) is 5.75 Å². The number of benzene rings is 1. The lowest BCUT2D eigenvalue weighted by atomic mass is 10.3. The SMILES string of the molecule is CC(=O)Oc1cn(CCCN2CCCC2=O)c2nc(C)n3c4ccccc4nc3c12. The molecule has 154 valence electrons. The zero-order chi connectivity index (χ0) is 20.8. The second-order valence-electron chi connectivity index (χ2n) is 7.74. The average Bonchev–Trinajstić information content (AvgIpc) is 3.38. The number of esters is 1. The molecule has 1 amide bonds. The number of aromatic nitrogens is 4. The van der Waals surface area contributed by atoms with Gasteiger partial charge in [0.2, 0.25) is 5.91 Å². The average molecular weight is 405 g/mol. The fourth-order valence-electron chi connectivity index (χ4n) is 4.35. The van der Waals surface area contributed by atoms with E-state index in [1.807, 2.05) is 51.3 Å². The summed E-state index contributed by atoms with van der Waals surface area (Å²) < 4.78 is 9.53. The molecule has 1 aliphatic heterocycles. The van der Waals surface area contributed by atoms with Gasteiger partial charge < -0.3 is 14.2 Å². The smallest absolute Gasteiger partial charge is 0.308 e. The van der Waals surface area contributed by atoms with Crippen molar-refractivity contribution in [3.8, 4) is 5.75 Å². The largest absolute Gasteiger partial charge is 0.424 e. The number of nitrogens with zero attached hydrogens (tertiary/aromatic N) is 5. The van der Waals surface area contributed by atoms with Crippen molar-refractivity contribution < 1.29 is 14.3 Å². The van der Waals surface area contributed by atoms with Crippen LogP contribution in [0.4, 0.5) is 0 Å². The number of likely N-dealkylation sites (tertiary alicyclic amines) is 1. The Bertz CT molecular complexity index is 1300. The van der Waals surface area contributed by atoms with Gasteiger partial charge in [0.1, 0.15) is 16.9 Å². The molecule has 0 unspecified atom stereocenters. The molecule has 1 saturated heterocycles. The van der Waals surface area contributed by atoms with E-state index in [-0.39, 0.29) is 11.9 Å². The van der Waals surface area contributed by atoms with Gasteiger partial charge in [-0.3, -0.25) is 14.0 Å². The molecule has 30 heavy (non-hydrogen) atoms. The summed E-state index contributed by atoms with van der Waals surface area (Å²) in [6, 6.07) is 7.89. The highest BCUT2D eigenvalue weighted by atomic mass is 16.5. The Morgan fingerprint density at radius 1 is 1.17 bits per heavy atom. The Hall–Kier alpha value is -3.42. The molecule has 0 atom stereocenters. The molecule has 0 spiro atoms. The van der Waals surface area contributed by atoms with Crippen molar-refractivity contribution in [3.63, 3.8) is 0 Å². The van der Waals surface area contributed by atoms with Crippen molar-refractivity contribution in [2.24, 2.45) is 0 Å². The van der Waals surface area contributed by atoms with E-state index in [2.05, 4.69) is 0 Å². The van der Waals surface area contributed by atoms with Crippen molar-refractivity contribution in [2.75, 3.05) is 13.1 Å². The normalized spacial score (nSPS) is 14.5. The standard InChI is InChI=1S/C22H23N5O3/c1-14-23-21-20(22-24-16-7-3-4-8-17(16)27(14)22)18(30-15(2)28)13-26(21)12-6-11-25-10-5-9-19(25)29/h3-4,7-8,13H,5-6,9-12H2,1-2H3. The molecular formula is C22H23N5O3. The summed E-state index contributed by atoms with van der Waals surface area (Å²) in [6.07, 6.45) is 4.21. The van der Waals surface area contributed by atoms with Gasteiger partial charge in [0, 0.05) is 39.2 Å². The van der Waals surface area contributed by atoms with E-state index < -0.39 is 0 Å². The van der Waals surface area contributed by atoms with E-state index in [9.17, 15) is 9.59 Å². The number of fused-ring (bicyclic) bond motifs is 5. The maximum atomic E-state index is 11.9. The molecule has 0 bridgehead atoms. The fraction of sp³-hybridized carbons (Fsp3) is 0.364. The van der Waals surface area contributed by atoms with Gasteiger partial charge in [-0.2, -0.15) is 0 Å². The van der Waals surface area contributed by atoms with Crippen LogP contribution < -0.4 is 4.74 Å². The lowest BCUT2D eigenvalue weighted by Gasteiger charge is -2.15. The number of rotatable bonds is 5. The van der Waals surface area contributed by atoms with Crippen LogP contribution in [-0.2, 0) is 16.1 Å². The molecule has 0 saturated carbocycles. The molecule has 8 heteroatoms. The van der Waals surface area contributed by atoms with Crippen molar-refractivity contribution in [2.45, 2.75) is 39.7 Å². The van der Waals surface area contributed by atoms with Gasteiger partial charge in [-0.1, -0.05) is 12.1 Å². The van der Waals surface area contributed by atoms with Gasteiger partial charge >= 0.3 is 5.97 Å². The highest BCUT2D eigenvalue weighted by Crippen LogP contribution is 2.33. The van der Waals surface area contributed by atoms with E-state index >= 15 is 0 Å². The maximum absolute atomic E-state index is 11.9. The molecule has 1 aliphatic rings. The Kier molecular flexibility index (Phi) is 4.42. The molecular weight excluding hydrogens is 382 g/mol. The van der Waals surface area contributed by atoms with Gasteiger partial charge in [-0.15, -0.1) is 0 Å². The number of aryl methyl sites for hydroxylation is 2. The Balaban J connectivity index is 1.61. The molecule has 1 fully saturated rings. The summed E-state index contributed by atoms with van der Waals surface area (Å²) in [6.45, 7) is 5.57. The maximum Gasteiger partial charge on any atom is 0.308 e. The molecule has 0 radical (unpaired) electrons. The lowest BCUT2D eigenvalue weighted by Crippen LogP contribution is -2.26. The van der Waals surface area contributed by atoms with Crippen LogP contribution >= 0.6 is 0 Å². The zero-order valence-electron chi connectivity index (χ0n) is 17.1. The van der Waals surface area contributed by atoms with Gasteiger partial charge in [0.15, 0.2) is 11.4 Å². The molecule has 0 N–H and O–H groups in total. The third-order valence-electron chi connectivity index (χ3n) is 5.64. The van der Waals surface area contributed by atoms with Crippen LogP contribution in [0, 0.1) is 6.92 Å². The second kappa shape index (κ2) is 7.12. The summed E-state index contributed by atoms with van der Waals surface area (Å²) >= 11 is 0. The highest BCUT2D eigenvalue weighted by Gasteiger charge is 2.22. The van der Waals surface area contributed by atoms with Crippen molar-refractivity contribution in [1.29, 1.82) is 0 Å². The second-order valence-corrected chi connectivity index (χ2v) is 7.74. The third kappa shape index (κ3) is 2.99. The predicted molar refractivity (Wildman–Crippen MR) is 112 cm³/mol. The van der Waals surface area contributed by atoms with Gasteiger partial charge in [-0.25, -0.2) is 9.97 Å². The van der Waals surface area contributed by atoms with Gasteiger partial charge in [-0.05, 0) is 31.9 Å². The number of hydrogen-bond donors (Lipinski definition) is 0. The zero-order valence-corrected chi connectivity index (χ0v) is 17.1. The first-order chi connectivity index (χ1) is 14.5. The van der Waals surface area contributed by atoms with Crippen molar-refractivity contribution in [1.82, 2.24) is 23.8 Å². The minimum atomic E-state index is -0.383. The topological polar surface area (TPSA) is 81.7 Å². The molecule has 5 rings (SSSR count). The number of imidazole rings is 1. The monoisotopic (exact) mass is 405 g/mol. The van der Waals surface area contributed by atoms with Gasteiger partial charge in [0.05, 0.1) is 11.0 Å². The molecule has 4 heterocycles. The number of amides is 1. The summed E-state index contributed by atoms with van der Waals surface area (Å²) in [5, 5.41) is 0.726. The molecule has 0 aliphatic carbocycles. The van der Waals surface area contributed by atoms with Crippen LogP contribution in [0.25, 0.3) is 27.7 Å². The molecule has 3 aromatic heterocycles. The molecule has 4 aromatic rings. The van der Waals surface area contributed by atoms with Crippen LogP contribution in [0.2, 0.25) is 0 Å². The quantitative estimate of drug-likeness (QED) is 0.477. The van der Waals surface area contributed by atoms with Crippen LogP contribution in [0.1, 0.15) is 32.0 Å². The van der Waals surface area contributed by atoms with Crippen LogP contribution in [0.15, 0.2) is 30.5 Å². The highest BCUT2D eigenvalue weighted by molar-refractivity contribution is 6.00. The van der Waals surface area contributed by atoms with E-state index in [4.69, 9.17) is 14.7 Å². The minimum Gasteiger partial charge on any atom is -0.424 e. The number of carbonyl (C=O) groups is 2. The van der Waals surface area contributed by atoms with E-state index in [0.717, 1.165) is 59.5 Å². The van der Waals surface area contributed by atoms with E-state index in [1.54, 1.807) is 0 Å². The molecule has 8 nitrogen and oxygen atoms in total. The fourth-order valence-corrected chi connectivity index (χ4v) is 4.35. The first-order valence-corrected chi connectivity index (χ1v) is 10.3. The van der Waals surface area contributed by atoms with E-state index in [1.165, 1.54) is 6.92 Å². The number of para-hydroxylation sites is 2. The summed E-state index contributed by atoms with van der Waals surface area (Å²) in [4.78, 5) is 35.2. The Labute approximate surface area is 173 Å². The predicted octanol–water partition coefficient (Wildman–Crippen LogP) is 3.08. The van der Waals surface area contributed by atoms with Crippen molar-refractivity contribution >= 4 is 39.6 Å². The van der Waals surface area contributed by atoms with E-state index in [0.29, 0.717) is 18.7 Å². The van der Waals surface area contributed by atoms with Crippen LogP contribution in [-0.4, -0.2) is 48.8 Å². The van der Waals surface area contributed by atoms with Crippen molar-refractivity contribution in [3.05, 3.63) is 36.3 Å². The molecule has 1 aromatic carbocycles. The number of hydrogen-bond acceptors (Lipinski definition) is 5. The Morgan fingerprint density at radius 3 is 2.77 bits per heavy atom. The van der Waals surface area contributed by atoms with Gasteiger partial charge in [0.25, 0.3) is 0 Å². The third-order valence-corrected chi connectivity index (χ3v) is 5.64. The lowest BCUT2D eigenvalue weighted by molar-refractivity contribution is -0.132.